The standard InChI is InChI=1S/C14H21FN2O/c1-5-11(3)17(4)9-10(2)14(18)13-7-6-12(15)8-16-13/h6-8,10-11H,5,9H2,1-4H3. The first-order valence-corrected chi connectivity index (χ1v) is 6.31. The van der Waals surface area contributed by atoms with E-state index >= 15 is 0 Å². The molecule has 0 N–H and O–H groups in total. The number of pyridine rings is 1. The molecule has 0 amide bonds. The van der Waals surface area contributed by atoms with Gasteiger partial charge in [0.15, 0.2) is 5.78 Å². The number of aromatic nitrogens is 1. The van der Waals surface area contributed by atoms with Gasteiger partial charge in [0.2, 0.25) is 0 Å². The summed E-state index contributed by atoms with van der Waals surface area (Å²) in [5.74, 6) is -0.594. The second-order valence-corrected chi connectivity index (χ2v) is 4.82. The molecule has 0 aliphatic heterocycles. The highest BCUT2D eigenvalue weighted by atomic mass is 19.1. The van der Waals surface area contributed by atoms with Crippen LogP contribution in [0, 0.1) is 11.7 Å². The van der Waals surface area contributed by atoms with Crippen LogP contribution in [0.25, 0.3) is 0 Å². The van der Waals surface area contributed by atoms with E-state index in [2.05, 4.69) is 23.7 Å². The second-order valence-electron chi connectivity index (χ2n) is 4.82. The minimum absolute atomic E-state index is 0.0369. The van der Waals surface area contributed by atoms with Crippen molar-refractivity contribution in [2.24, 2.45) is 5.92 Å². The molecule has 1 aromatic heterocycles. The van der Waals surface area contributed by atoms with E-state index in [1.54, 1.807) is 0 Å². The van der Waals surface area contributed by atoms with Crippen molar-refractivity contribution in [2.75, 3.05) is 13.6 Å². The molecule has 0 bridgehead atoms. The molecule has 0 aliphatic carbocycles. The molecule has 1 aromatic rings. The summed E-state index contributed by atoms with van der Waals surface area (Å²) in [5, 5.41) is 0. The molecule has 0 saturated carbocycles. The van der Waals surface area contributed by atoms with Gasteiger partial charge in [-0.25, -0.2) is 4.39 Å². The average Bonchev–Trinajstić information content (AvgIpc) is 2.37. The summed E-state index contributed by atoms with van der Waals surface area (Å²) in [6.07, 6.45) is 2.13. The van der Waals surface area contributed by atoms with Gasteiger partial charge in [0.05, 0.1) is 6.20 Å². The number of ketones is 1. The van der Waals surface area contributed by atoms with E-state index in [1.807, 2.05) is 14.0 Å². The first-order chi connectivity index (χ1) is 8.45. The van der Waals surface area contributed by atoms with E-state index in [4.69, 9.17) is 0 Å². The quantitative estimate of drug-likeness (QED) is 0.730. The van der Waals surface area contributed by atoms with E-state index in [9.17, 15) is 9.18 Å². The van der Waals surface area contributed by atoms with Gasteiger partial charge in [0.25, 0.3) is 0 Å². The molecular formula is C14H21FN2O. The van der Waals surface area contributed by atoms with Crippen LogP contribution in [0.4, 0.5) is 4.39 Å². The summed E-state index contributed by atoms with van der Waals surface area (Å²) in [6.45, 7) is 6.82. The zero-order valence-electron chi connectivity index (χ0n) is 11.5. The Bertz CT molecular complexity index is 391. The fourth-order valence-corrected chi connectivity index (χ4v) is 1.78. The van der Waals surface area contributed by atoms with Gasteiger partial charge in [-0.2, -0.15) is 0 Å². The van der Waals surface area contributed by atoms with Crippen molar-refractivity contribution in [1.29, 1.82) is 0 Å². The third-order valence-corrected chi connectivity index (χ3v) is 3.33. The van der Waals surface area contributed by atoms with Crippen molar-refractivity contribution < 1.29 is 9.18 Å². The minimum atomic E-state index is -0.420. The topological polar surface area (TPSA) is 33.2 Å². The number of halogens is 1. The number of hydrogen-bond acceptors (Lipinski definition) is 3. The van der Waals surface area contributed by atoms with Crippen molar-refractivity contribution in [3.8, 4) is 0 Å². The van der Waals surface area contributed by atoms with Gasteiger partial charge in [0.1, 0.15) is 11.5 Å². The lowest BCUT2D eigenvalue weighted by Gasteiger charge is -2.26. The van der Waals surface area contributed by atoms with E-state index in [-0.39, 0.29) is 11.7 Å². The van der Waals surface area contributed by atoms with E-state index < -0.39 is 5.82 Å². The van der Waals surface area contributed by atoms with Crippen molar-refractivity contribution in [2.45, 2.75) is 33.2 Å². The molecule has 100 valence electrons. The Morgan fingerprint density at radius 3 is 2.61 bits per heavy atom. The van der Waals surface area contributed by atoms with Crippen LogP contribution in [0.1, 0.15) is 37.7 Å². The molecule has 18 heavy (non-hydrogen) atoms. The second kappa shape index (κ2) is 6.59. The zero-order chi connectivity index (χ0) is 13.7. The van der Waals surface area contributed by atoms with Gasteiger partial charge < -0.3 is 4.90 Å². The normalized spacial score (nSPS) is 14.6. The summed E-state index contributed by atoms with van der Waals surface area (Å²) < 4.78 is 12.7. The molecular weight excluding hydrogens is 231 g/mol. The van der Waals surface area contributed by atoms with Crippen LogP contribution >= 0.6 is 0 Å². The van der Waals surface area contributed by atoms with E-state index in [0.717, 1.165) is 12.6 Å². The summed E-state index contributed by atoms with van der Waals surface area (Å²) >= 11 is 0. The fraction of sp³-hybridized carbons (Fsp3) is 0.571. The Morgan fingerprint density at radius 2 is 2.11 bits per heavy atom. The molecule has 1 heterocycles. The maximum Gasteiger partial charge on any atom is 0.185 e. The molecule has 0 saturated heterocycles. The summed E-state index contributed by atoms with van der Waals surface area (Å²) in [5.41, 5.74) is 0.335. The minimum Gasteiger partial charge on any atom is -0.303 e. The lowest BCUT2D eigenvalue weighted by atomic mass is 10.0. The predicted molar refractivity (Wildman–Crippen MR) is 70.1 cm³/mol. The summed E-state index contributed by atoms with van der Waals surface area (Å²) in [6, 6.07) is 3.16. The molecule has 0 fully saturated rings. The SMILES string of the molecule is CCC(C)N(C)CC(C)C(=O)c1ccc(F)cn1. The monoisotopic (exact) mass is 252 g/mol. The van der Waals surface area contributed by atoms with Gasteiger partial charge >= 0.3 is 0 Å². The number of rotatable bonds is 6. The number of hydrogen-bond donors (Lipinski definition) is 0. The lowest BCUT2D eigenvalue weighted by molar-refractivity contribution is 0.0884. The lowest BCUT2D eigenvalue weighted by Crippen LogP contribution is -2.35. The Morgan fingerprint density at radius 1 is 1.44 bits per heavy atom. The molecule has 4 heteroatoms. The highest BCUT2D eigenvalue weighted by molar-refractivity contribution is 5.95. The van der Waals surface area contributed by atoms with Crippen LogP contribution < -0.4 is 0 Å². The number of carbonyl (C=O) groups is 1. The first kappa shape index (κ1) is 14.8. The Balaban J connectivity index is 2.64. The number of Topliss-reactive ketones (excluding diaryl/α,β-unsaturated/α-hetero) is 1. The van der Waals surface area contributed by atoms with E-state index in [1.165, 1.54) is 12.1 Å². The van der Waals surface area contributed by atoms with E-state index in [0.29, 0.717) is 18.3 Å². The molecule has 2 atom stereocenters. The maximum atomic E-state index is 12.7. The average molecular weight is 252 g/mol. The van der Waals surface area contributed by atoms with Crippen molar-refractivity contribution in [3.63, 3.8) is 0 Å². The summed E-state index contributed by atoms with van der Waals surface area (Å²) in [4.78, 5) is 18.1. The van der Waals surface area contributed by atoms with Crippen LogP contribution in [0.5, 0.6) is 0 Å². The van der Waals surface area contributed by atoms with Gasteiger partial charge in [-0.05, 0) is 32.5 Å². The van der Waals surface area contributed by atoms with Crippen LogP contribution in [-0.4, -0.2) is 35.3 Å². The van der Waals surface area contributed by atoms with Crippen molar-refractivity contribution in [1.82, 2.24) is 9.88 Å². The zero-order valence-corrected chi connectivity index (χ0v) is 11.5. The Labute approximate surface area is 108 Å². The smallest absolute Gasteiger partial charge is 0.185 e. The molecule has 3 nitrogen and oxygen atoms in total. The largest absolute Gasteiger partial charge is 0.303 e. The Kier molecular flexibility index (Phi) is 5.41. The van der Waals surface area contributed by atoms with Crippen LogP contribution in [0.15, 0.2) is 18.3 Å². The van der Waals surface area contributed by atoms with Crippen molar-refractivity contribution >= 4 is 5.78 Å². The van der Waals surface area contributed by atoms with Gasteiger partial charge in [-0.1, -0.05) is 13.8 Å². The molecule has 1 rings (SSSR count). The van der Waals surface area contributed by atoms with Crippen LogP contribution in [-0.2, 0) is 0 Å². The number of carbonyl (C=O) groups excluding carboxylic acids is 1. The van der Waals surface area contributed by atoms with Gasteiger partial charge in [-0.15, -0.1) is 0 Å². The predicted octanol–water partition coefficient (Wildman–Crippen LogP) is 2.77. The third kappa shape index (κ3) is 3.88. The first-order valence-electron chi connectivity index (χ1n) is 6.31. The van der Waals surface area contributed by atoms with Crippen molar-refractivity contribution in [3.05, 3.63) is 29.8 Å². The van der Waals surface area contributed by atoms with Gasteiger partial charge in [-0.3, -0.25) is 9.78 Å². The molecule has 0 radical (unpaired) electrons. The molecule has 0 aliphatic rings. The molecule has 0 spiro atoms. The number of nitrogens with zero attached hydrogens (tertiary/aromatic N) is 2. The summed E-state index contributed by atoms with van der Waals surface area (Å²) in [7, 11) is 2.01. The van der Waals surface area contributed by atoms with Crippen LogP contribution in [0.3, 0.4) is 0 Å². The Hall–Kier alpha value is -1.29. The maximum absolute atomic E-state index is 12.7. The molecule has 0 aromatic carbocycles. The highest BCUT2D eigenvalue weighted by Gasteiger charge is 2.19. The third-order valence-electron chi connectivity index (χ3n) is 3.33. The molecule has 2 unspecified atom stereocenters. The van der Waals surface area contributed by atoms with Crippen LogP contribution in [0.2, 0.25) is 0 Å². The highest BCUT2D eigenvalue weighted by Crippen LogP contribution is 2.11. The fourth-order valence-electron chi connectivity index (χ4n) is 1.78. The van der Waals surface area contributed by atoms with Gasteiger partial charge in [0, 0.05) is 18.5 Å².